The second-order valence-electron chi connectivity index (χ2n) is 5.83. The number of hydrogen-bond donors (Lipinski definition) is 2. The standard InChI is InChI=1S/C18H18N2O5/c1-3-12-8-10(2)15(24-12)17(22)25-13-6-4-11(5-7-13)9-14-16(21)20-18(23)19-14/h4-8,14H,3,9H2,1-2H3,(H2,19,20,21,23)/t14-/m0/s1. The smallest absolute Gasteiger partial charge is 0.379 e. The van der Waals surface area contributed by atoms with Gasteiger partial charge in [0.25, 0.3) is 5.91 Å². The highest BCUT2D eigenvalue weighted by atomic mass is 16.5. The number of esters is 1. The van der Waals surface area contributed by atoms with Crippen molar-refractivity contribution in [2.75, 3.05) is 0 Å². The Morgan fingerprint density at radius 3 is 2.52 bits per heavy atom. The molecule has 0 unspecified atom stereocenters. The molecule has 7 nitrogen and oxygen atoms in total. The quantitative estimate of drug-likeness (QED) is 0.493. The molecule has 1 fully saturated rings. The first kappa shape index (κ1) is 16.8. The summed E-state index contributed by atoms with van der Waals surface area (Å²) in [5.74, 6) is 0.415. The van der Waals surface area contributed by atoms with E-state index in [0.29, 0.717) is 18.6 Å². The highest BCUT2D eigenvalue weighted by molar-refractivity contribution is 6.04. The van der Waals surface area contributed by atoms with Gasteiger partial charge in [-0.05, 0) is 30.7 Å². The maximum Gasteiger partial charge on any atom is 0.379 e. The third-order valence-corrected chi connectivity index (χ3v) is 3.93. The van der Waals surface area contributed by atoms with Crippen LogP contribution >= 0.6 is 0 Å². The van der Waals surface area contributed by atoms with Gasteiger partial charge in [-0.2, -0.15) is 0 Å². The lowest BCUT2D eigenvalue weighted by atomic mass is 10.1. The lowest BCUT2D eigenvalue weighted by molar-refractivity contribution is -0.120. The van der Waals surface area contributed by atoms with Crippen molar-refractivity contribution >= 4 is 17.9 Å². The Labute approximate surface area is 144 Å². The van der Waals surface area contributed by atoms with E-state index in [-0.39, 0.29) is 11.7 Å². The Morgan fingerprint density at radius 1 is 1.24 bits per heavy atom. The van der Waals surface area contributed by atoms with Crippen molar-refractivity contribution in [2.24, 2.45) is 0 Å². The number of rotatable bonds is 5. The Hall–Kier alpha value is -3.09. The zero-order chi connectivity index (χ0) is 18.0. The van der Waals surface area contributed by atoms with Gasteiger partial charge in [-0.1, -0.05) is 19.1 Å². The molecular formula is C18H18N2O5. The van der Waals surface area contributed by atoms with Crippen molar-refractivity contribution in [3.05, 3.63) is 53.0 Å². The van der Waals surface area contributed by atoms with Crippen molar-refractivity contribution in [2.45, 2.75) is 32.7 Å². The summed E-state index contributed by atoms with van der Waals surface area (Å²) >= 11 is 0. The highest BCUT2D eigenvalue weighted by Gasteiger charge is 2.29. The molecular weight excluding hydrogens is 324 g/mol. The van der Waals surface area contributed by atoms with Gasteiger partial charge in [0.15, 0.2) is 0 Å². The van der Waals surface area contributed by atoms with Crippen LogP contribution < -0.4 is 15.4 Å². The van der Waals surface area contributed by atoms with Gasteiger partial charge in [-0.3, -0.25) is 10.1 Å². The minimum Gasteiger partial charge on any atom is -0.454 e. The number of ether oxygens (including phenoxy) is 1. The molecule has 1 aliphatic rings. The SMILES string of the molecule is CCc1cc(C)c(C(=O)Oc2ccc(C[C@@H]3NC(=O)NC3=O)cc2)o1. The maximum atomic E-state index is 12.2. The first-order chi connectivity index (χ1) is 12.0. The summed E-state index contributed by atoms with van der Waals surface area (Å²) in [6.07, 6.45) is 1.07. The number of benzene rings is 1. The van der Waals surface area contributed by atoms with E-state index >= 15 is 0 Å². The van der Waals surface area contributed by atoms with Gasteiger partial charge in [0.05, 0.1) is 0 Å². The van der Waals surface area contributed by atoms with E-state index < -0.39 is 18.0 Å². The van der Waals surface area contributed by atoms with Crippen LogP contribution in [0, 0.1) is 6.92 Å². The van der Waals surface area contributed by atoms with E-state index in [2.05, 4.69) is 10.6 Å². The van der Waals surface area contributed by atoms with Crippen LogP contribution in [0.5, 0.6) is 5.75 Å². The van der Waals surface area contributed by atoms with Crippen molar-refractivity contribution in [1.29, 1.82) is 0 Å². The number of hydrogen-bond acceptors (Lipinski definition) is 5. The number of imide groups is 1. The second-order valence-corrected chi connectivity index (χ2v) is 5.83. The van der Waals surface area contributed by atoms with Gasteiger partial charge in [0.2, 0.25) is 5.76 Å². The lowest BCUT2D eigenvalue weighted by Crippen LogP contribution is -2.31. The van der Waals surface area contributed by atoms with Crippen molar-refractivity contribution < 1.29 is 23.5 Å². The van der Waals surface area contributed by atoms with E-state index in [1.165, 1.54) is 0 Å². The molecule has 1 atom stereocenters. The van der Waals surface area contributed by atoms with E-state index in [1.807, 2.05) is 13.0 Å². The summed E-state index contributed by atoms with van der Waals surface area (Å²) in [4.78, 5) is 34.8. The molecule has 7 heteroatoms. The molecule has 2 heterocycles. The molecule has 0 bridgehead atoms. The first-order valence-electron chi connectivity index (χ1n) is 7.98. The largest absolute Gasteiger partial charge is 0.454 e. The second kappa shape index (κ2) is 6.80. The minimum atomic E-state index is -0.584. The molecule has 3 amide bonds. The van der Waals surface area contributed by atoms with E-state index in [4.69, 9.17) is 9.15 Å². The highest BCUT2D eigenvalue weighted by Crippen LogP contribution is 2.19. The number of amides is 3. The third-order valence-electron chi connectivity index (χ3n) is 3.93. The number of carbonyl (C=O) groups excluding carboxylic acids is 3. The lowest BCUT2D eigenvalue weighted by Gasteiger charge is -2.08. The normalized spacial score (nSPS) is 16.5. The molecule has 0 saturated carbocycles. The van der Waals surface area contributed by atoms with Crippen LogP contribution in [0.3, 0.4) is 0 Å². The Balaban J connectivity index is 1.64. The molecule has 1 aromatic heterocycles. The molecule has 2 N–H and O–H groups in total. The van der Waals surface area contributed by atoms with Crippen molar-refractivity contribution in [3.63, 3.8) is 0 Å². The summed E-state index contributed by atoms with van der Waals surface area (Å²) in [6.45, 7) is 3.74. The fourth-order valence-electron chi connectivity index (χ4n) is 2.61. The fourth-order valence-corrected chi connectivity index (χ4v) is 2.61. The van der Waals surface area contributed by atoms with Gasteiger partial charge in [-0.25, -0.2) is 9.59 Å². The molecule has 25 heavy (non-hydrogen) atoms. The summed E-state index contributed by atoms with van der Waals surface area (Å²) in [6, 6.07) is 7.52. The van der Waals surface area contributed by atoms with Crippen molar-refractivity contribution in [1.82, 2.24) is 10.6 Å². The van der Waals surface area contributed by atoms with Crippen molar-refractivity contribution in [3.8, 4) is 5.75 Å². The molecule has 1 aliphatic heterocycles. The van der Waals surface area contributed by atoms with Crippen LogP contribution in [0.15, 0.2) is 34.7 Å². The zero-order valence-corrected chi connectivity index (χ0v) is 13.9. The summed E-state index contributed by atoms with van der Waals surface area (Å²) in [7, 11) is 0. The zero-order valence-electron chi connectivity index (χ0n) is 13.9. The average molecular weight is 342 g/mol. The molecule has 3 rings (SSSR count). The summed E-state index contributed by atoms with van der Waals surface area (Å²) in [5.41, 5.74) is 1.58. The molecule has 1 saturated heterocycles. The van der Waals surface area contributed by atoms with Gasteiger partial charge in [0, 0.05) is 18.4 Å². The summed E-state index contributed by atoms with van der Waals surface area (Å²) in [5, 5.41) is 4.72. The Bertz CT molecular complexity index is 822. The summed E-state index contributed by atoms with van der Waals surface area (Å²) < 4.78 is 10.8. The van der Waals surface area contributed by atoms with E-state index in [9.17, 15) is 14.4 Å². The maximum absolute atomic E-state index is 12.2. The van der Waals surface area contributed by atoms with Crippen LogP contribution in [0.25, 0.3) is 0 Å². The van der Waals surface area contributed by atoms with Gasteiger partial charge >= 0.3 is 12.0 Å². The fraction of sp³-hybridized carbons (Fsp3) is 0.278. The van der Waals surface area contributed by atoms with Crippen LogP contribution in [0.1, 0.15) is 34.4 Å². The molecule has 2 aromatic rings. The third kappa shape index (κ3) is 3.71. The number of nitrogens with one attached hydrogen (secondary N) is 2. The van der Waals surface area contributed by atoms with Crippen LogP contribution in [0.4, 0.5) is 4.79 Å². The molecule has 130 valence electrons. The molecule has 0 radical (unpaired) electrons. The van der Waals surface area contributed by atoms with Gasteiger partial charge in [0.1, 0.15) is 17.6 Å². The average Bonchev–Trinajstić information content (AvgIpc) is 3.11. The topological polar surface area (TPSA) is 97.6 Å². The number of aryl methyl sites for hydroxylation is 2. The van der Waals surface area contributed by atoms with Gasteiger partial charge in [-0.15, -0.1) is 0 Å². The van der Waals surface area contributed by atoms with Crippen LogP contribution in [0.2, 0.25) is 0 Å². The minimum absolute atomic E-state index is 0.200. The first-order valence-corrected chi connectivity index (χ1v) is 7.98. The molecule has 0 aliphatic carbocycles. The number of urea groups is 1. The van der Waals surface area contributed by atoms with E-state index in [1.54, 1.807) is 31.2 Å². The molecule has 1 aromatic carbocycles. The van der Waals surface area contributed by atoms with Gasteiger partial charge < -0.3 is 14.5 Å². The molecule has 0 spiro atoms. The van der Waals surface area contributed by atoms with E-state index in [0.717, 1.165) is 16.9 Å². The Kier molecular flexibility index (Phi) is 4.56. The van der Waals surface area contributed by atoms with Crippen LogP contribution in [-0.4, -0.2) is 23.9 Å². The predicted molar refractivity (Wildman–Crippen MR) is 88.4 cm³/mol. The Morgan fingerprint density at radius 2 is 1.96 bits per heavy atom. The predicted octanol–water partition coefficient (Wildman–Crippen LogP) is 2.12. The number of carbonyl (C=O) groups is 3. The number of furan rings is 1. The monoisotopic (exact) mass is 342 g/mol. The van der Waals surface area contributed by atoms with Crippen LogP contribution in [-0.2, 0) is 17.6 Å².